The summed E-state index contributed by atoms with van der Waals surface area (Å²) < 4.78 is 0. The van der Waals surface area contributed by atoms with E-state index in [0.717, 1.165) is 11.4 Å². The molecule has 2 N–H and O–H groups in total. The number of rotatable bonds is 3. The summed E-state index contributed by atoms with van der Waals surface area (Å²) in [5.74, 6) is 2.02. The van der Waals surface area contributed by atoms with Crippen LogP contribution in [-0.4, -0.2) is 57.3 Å². The fraction of sp³-hybridized carbons (Fsp3) is 0.263. The molecule has 0 radical (unpaired) electrons. The zero-order chi connectivity index (χ0) is 20.4. The Labute approximate surface area is 177 Å². The highest BCUT2D eigenvalue weighted by atomic mass is 35.5. The maximum Gasteiger partial charge on any atom is 0.321 e. The van der Waals surface area contributed by atoms with Crippen LogP contribution in [0.3, 0.4) is 0 Å². The number of hydrogen-bond donors (Lipinski definition) is 2. The molecule has 3 aromatic rings. The van der Waals surface area contributed by atoms with Gasteiger partial charge in [-0.2, -0.15) is 5.10 Å². The molecule has 1 aliphatic rings. The zero-order valence-electron chi connectivity index (χ0n) is 15.7. The highest BCUT2D eigenvalue weighted by Crippen LogP contribution is 2.27. The van der Waals surface area contributed by atoms with Crippen LogP contribution < -0.4 is 10.2 Å². The van der Waals surface area contributed by atoms with Gasteiger partial charge in [-0.1, -0.05) is 35.3 Å². The first kappa shape index (κ1) is 19.5. The number of aryl methyl sites for hydroxylation is 1. The van der Waals surface area contributed by atoms with Crippen molar-refractivity contribution in [2.75, 3.05) is 36.4 Å². The smallest absolute Gasteiger partial charge is 0.321 e. The first-order valence-corrected chi connectivity index (χ1v) is 9.86. The molecule has 1 fully saturated rings. The summed E-state index contributed by atoms with van der Waals surface area (Å²) in [6.45, 7) is 4.24. The fourth-order valence-corrected chi connectivity index (χ4v) is 3.67. The minimum Gasteiger partial charge on any atom is -0.352 e. The summed E-state index contributed by atoms with van der Waals surface area (Å²) in [6.07, 6.45) is 1.57. The van der Waals surface area contributed by atoms with Gasteiger partial charge in [0.25, 0.3) is 0 Å². The molecule has 150 valence electrons. The lowest BCUT2D eigenvalue weighted by Crippen LogP contribution is -2.50. The normalized spacial score (nSPS) is 14.2. The van der Waals surface area contributed by atoms with Crippen LogP contribution in [-0.2, 0) is 0 Å². The monoisotopic (exact) mass is 431 g/mol. The number of carbonyl (C=O) groups is 1. The van der Waals surface area contributed by atoms with E-state index < -0.39 is 0 Å². The van der Waals surface area contributed by atoms with Crippen molar-refractivity contribution in [2.24, 2.45) is 0 Å². The summed E-state index contributed by atoms with van der Waals surface area (Å²) in [5, 5.41) is 10.9. The van der Waals surface area contributed by atoms with Crippen molar-refractivity contribution in [1.82, 2.24) is 25.1 Å². The van der Waals surface area contributed by atoms with Crippen LogP contribution in [0.15, 0.2) is 36.5 Å². The minimum atomic E-state index is -0.150. The minimum absolute atomic E-state index is 0.150. The maximum atomic E-state index is 12.7. The summed E-state index contributed by atoms with van der Waals surface area (Å²) in [4.78, 5) is 25.1. The molecule has 2 aromatic heterocycles. The predicted molar refractivity (Wildman–Crippen MR) is 114 cm³/mol. The van der Waals surface area contributed by atoms with Crippen molar-refractivity contribution < 1.29 is 4.79 Å². The number of halogens is 2. The SMILES string of the molecule is Cc1nc(-c2cccc(NC(=O)N3CCN(c4ncc(Cl)cc4Cl)CC3)c2)n[nH]1. The summed E-state index contributed by atoms with van der Waals surface area (Å²) >= 11 is 12.2. The number of carbonyl (C=O) groups excluding carboxylic acids is 1. The number of urea groups is 1. The van der Waals surface area contributed by atoms with Gasteiger partial charge >= 0.3 is 6.03 Å². The first-order valence-electron chi connectivity index (χ1n) is 9.11. The molecule has 0 aliphatic carbocycles. The number of aromatic nitrogens is 4. The molecule has 0 saturated carbocycles. The highest BCUT2D eigenvalue weighted by molar-refractivity contribution is 6.36. The van der Waals surface area contributed by atoms with Crippen molar-refractivity contribution >= 4 is 40.7 Å². The van der Waals surface area contributed by atoms with Crippen LogP contribution in [0.4, 0.5) is 16.3 Å². The second-order valence-corrected chi connectivity index (χ2v) is 7.53. The van der Waals surface area contributed by atoms with E-state index in [0.29, 0.717) is 53.6 Å². The van der Waals surface area contributed by atoms with E-state index in [1.165, 1.54) is 0 Å². The van der Waals surface area contributed by atoms with Gasteiger partial charge in [-0.05, 0) is 25.1 Å². The van der Waals surface area contributed by atoms with Gasteiger partial charge in [-0.25, -0.2) is 14.8 Å². The molecule has 3 heterocycles. The second-order valence-electron chi connectivity index (χ2n) is 6.69. The Bertz CT molecular complexity index is 1030. The molecule has 2 amide bonds. The number of piperazine rings is 1. The number of hydrogen-bond acceptors (Lipinski definition) is 5. The first-order chi connectivity index (χ1) is 14.0. The van der Waals surface area contributed by atoms with E-state index in [1.807, 2.05) is 31.2 Å². The van der Waals surface area contributed by atoms with Crippen LogP contribution in [0.25, 0.3) is 11.4 Å². The standard InChI is InChI=1S/C19H19Cl2N7O/c1-12-23-17(26-25-12)13-3-2-4-15(9-13)24-19(29)28-7-5-27(6-8-28)18-16(21)10-14(20)11-22-18/h2-4,9-11H,5-8H2,1H3,(H,24,29)(H,23,25,26). The molecule has 0 bridgehead atoms. The lowest BCUT2D eigenvalue weighted by Gasteiger charge is -2.35. The number of H-pyrrole nitrogens is 1. The Morgan fingerprint density at radius 1 is 1.17 bits per heavy atom. The van der Waals surface area contributed by atoms with Crippen LogP contribution in [0, 0.1) is 6.92 Å². The van der Waals surface area contributed by atoms with Crippen molar-refractivity contribution in [3.8, 4) is 11.4 Å². The number of pyridine rings is 1. The van der Waals surface area contributed by atoms with Gasteiger partial charge in [-0.3, -0.25) is 5.10 Å². The second kappa shape index (κ2) is 8.26. The topological polar surface area (TPSA) is 90.0 Å². The Kier molecular flexibility index (Phi) is 5.55. The van der Waals surface area contributed by atoms with Crippen LogP contribution in [0.5, 0.6) is 0 Å². The Hall–Kier alpha value is -2.84. The van der Waals surface area contributed by atoms with E-state index >= 15 is 0 Å². The van der Waals surface area contributed by atoms with E-state index in [1.54, 1.807) is 17.2 Å². The van der Waals surface area contributed by atoms with Crippen LogP contribution in [0.2, 0.25) is 10.0 Å². The van der Waals surface area contributed by atoms with E-state index in [4.69, 9.17) is 23.2 Å². The molecule has 1 aliphatic heterocycles. The molecule has 8 nitrogen and oxygen atoms in total. The average Bonchev–Trinajstić information content (AvgIpc) is 3.15. The van der Waals surface area contributed by atoms with Crippen molar-refractivity contribution in [3.63, 3.8) is 0 Å². The number of aromatic amines is 1. The molecular formula is C19H19Cl2N7O. The number of amides is 2. The number of nitrogens with one attached hydrogen (secondary N) is 2. The van der Waals surface area contributed by atoms with Crippen LogP contribution in [0.1, 0.15) is 5.82 Å². The molecule has 0 spiro atoms. The van der Waals surface area contributed by atoms with Crippen molar-refractivity contribution in [2.45, 2.75) is 6.92 Å². The Morgan fingerprint density at radius 2 is 1.97 bits per heavy atom. The van der Waals surface area contributed by atoms with Gasteiger partial charge in [0, 0.05) is 43.6 Å². The van der Waals surface area contributed by atoms with Gasteiger partial charge in [0.1, 0.15) is 11.6 Å². The van der Waals surface area contributed by atoms with Crippen molar-refractivity contribution in [3.05, 3.63) is 52.4 Å². The number of anilines is 2. The van der Waals surface area contributed by atoms with Crippen molar-refractivity contribution in [1.29, 1.82) is 0 Å². The van der Waals surface area contributed by atoms with Gasteiger partial charge in [0.15, 0.2) is 5.82 Å². The average molecular weight is 432 g/mol. The van der Waals surface area contributed by atoms with Gasteiger partial charge in [0.2, 0.25) is 0 Å². The molecule has 1 saturated heterocycles. The lowest BCUT2D eigenvalue weighted by atomic mass is 10.2. The largest absolute Gasteiger partial charge is 0.352 e. The van der Waals surface area contributed by atoms with E-state index in [2.05, 4.69) is 30.4 Å². The Morgan fingerprint density at radius 3 is 2.66 bits per heavy atom. The number of nitrogens with zero attached hydrogens (tertiary/aromatic N) is 5. The van der Waals surface area contributed by atoms with E-state index in [9.17, 15) is 4.79 Å². The molecule has 4 rings (SSSR count). The predicted octanol–water partition coefficient (Wildman–Crippen LogP) is 3.84. The molecule has 0 unspecified atom stereocenters. The zero-order valence-corrected chi connectivity index (χ0v) is 17.2. The van der Waals surface area contributed by atoms with Gasteiger partial charge in [-0.15, -0.1) is 0 Å². The summed E-state index contributed by atoms with van der Waals surface area (Å²) in [7, 11) is 0. The molecule has 10 heteroatoms. The molecule has 1 aromatic carbocycles. The molecule has 0 atom stereocenters. The Balaban J connectivity index is 1.38. The quantitative estimate of drug-likeness (QED) is 0.657. The molecule has 29 heavy (non-hydrogen) atoms. The summed E-state index contributed by atoms with van der Waals surface area (Å²) in [5.41, 5.74) is 1.53. The maximum absolute atomic E-state index is 12.7. The summed E-state index contributed by atoms with van der Waals surface area (Å²) in [6, 6.07) is 8.99. The fourth-order valence-electron chi connectivity index (χ4n) is 3.17. The third kappa shape index (κ3) is 4.44. The van der Waals surface area contributed by atoms with Gasteiger partial charge in [0.05, 0.1) is 10.0 Å². The van der Waals surface area contributed by atoms with E-state index in [-0.39, 0.29) is 6.03 Å². The lowest BCUT2D eigenvalue weighted by molar-refractivity contribution is 0.208. The highest BCUT2D eigenvalue weighted by Gasteiger charge is 2.23. The third-order valence-electron chi connectivity index (χ3n) is 4.62. The molecular weight excluding hydrogens is 413 g/mol. The number of benzene rings is 1. The third-order valence-corrected chi connectivity index (χ3v) is 5.11. The van der Waals surface area contributed by atoms with Gasteiger partial charge < -0.3 is 15.1 Å². The van der Waals surface area contributed by atoms with Crippen LogP contribution >= 0.6 is 23.2 Å².